The van der Waals surface area contributed by atoms with Gasteiger partial charge in [-0.3, -0.25) is 10.1 Å². The van der Waals surface area contributed by atoms with Crippen LogP contribution in [0.2, 0.25) is 0 Å². The van der Waals surface area contributed by atoms with Crippen LogP contribution in [0.15, 0.2) is 23.2 Å². The van der Waals surface area contributed by atoms with E-state index in [9.17, 15) is 10.1 Å². The second kappa shape index (κ2) is 7.76. The number of allylic oxidation sites excluding steroid dienone is 1. The summed E-state index contributed by atoms with van der Waals surface area (Å²) in [6.07, 6.45) is 2.79. The maximum Gasteiger partial charge on any atom is 0.243 e. The van der Waals surface area contributed by atoms with Crippen LogP contribution in [-0.2, 0) is 0 Å². The zero-order chi connectivity index (χ0) is 14.3. The van der Waals surface area contributed by atoms with Gasteiger partial charge in [-0.25, -0.2) is 0 Å². The van der Waals surface area contributed by atoms with Crippen molar-refractivity contribution in [1.82, 2.24) is 0 Å². The van der Waals surface area contributed by atoms with E-state index in [0.29, 0.717) is 0 Å². The summed E-state index contributed by atoms with van der Waals surface area (Å²) < 4.78 is 0. The number of nitrogen functional groups attached to an aromatic ring is 1. The molecule has 0 unspecified atom stereocenters. The van der Waals surface area contributed by atoms with Gasteiger partial charge in [0.2, 0.25) is 6.20 Å². The average Bonchev–Trinajstić information content (AvgIpc) is 2.25. The lowest BCUT2D eigenvalue weighted by Gasteiger charge is -2.04. The lowest BCUT2D eigenvalue weighted by atomic mass is 10.1. The van der Waals surface area contributed by atoms with E-state index in [0.717, 1.165) is 16.8 Å². The quantitative estimate of drug-likeness (QED) is 0.504. The van der Waals surface area contributed by atoms with Crippen LogP contribution in [-0.4, -0.2) is 11.2 Å². The third-order valence-electron chi connectivity index (χ3n) is 2.46. The largest absolute Gasteiger partial charge is 0.398 e. The van der Waals surface area contributed by atoms with Crippen molar-refractivity contribution in [3.8, 4) is 0 Å². The monoisotopic (exact) mass is 268 g/mol. The Labute approximate surface area is 112 Å². The van der Waals surface area contributed by atoms with Crippen molar-refractivity contribution in [2.45, 2.75) is 27.7 Å². The van der Waals surface area contributed by atoms with Crippen molar-refractivity contribution in [2.75, 3.05) is 12.0 Å². The fourth-order valence-electron chi connectivity index (χ4n) is 1.27. The van der Waals surface area contributed by atoms with Gasteiger partial charge in [-0.15, -0.1) is 11.8 Å². The molecule has 0 aliphatic heterocycles. The van der Waals surface area contributed by atoms with Crippen LogP contribution >= 0.6 is 11.8 Å². The molecule has 1 aromatic carbocycles. The van der Waals surface area contributed by atoms with Gasteiger partial charge < -0.3 is 5.73 Å². The minimum absolute atomic E-state index is 0.453. The van der Waals surface area contributed by atoms with E-state index >= 15 is 0 Å². The maximum absolute atomic E-state index is 9.68. The number of aryl methyl sites for hydroxylation is 2. The summed E-state index contributed by atoms with van der Waals surface area (Å²) in [6, 6.07) is 4.15. The molecule has 0 bridgehead atoms. The first-order valence-electron chi connectivity index (χ1n) is 5.47. The third-order valence-corrected chi connectivity index (χ3v) is 3.21. The summed E-state index contributed by atoms with van der Waals surface area (Å²) in [5, 5.41) is 9.68. The Morgan fingerprint density at radius 1 is 1.39 bits per heavy atom. The normalized spacial score (nSPS) is 10.6. The molecule has 100 valence electrons. The Kier molecular flexibility index (Phi) is 7.12. The van der Waals surface area contributed by atoms with Crippen LogP contribution in [0.1, 0.15) is 23.6 Å². The van der Waals surface area contributed by atoms with Crippen molar-refractivity contribution < 1.29 is 4.92 Å². The molecule has 0 saturated heterocycles. The molecule has 1 aromatic rings. The van der Waals surface area contributed by atoms with Gasteiger partial charge in [0.1, 0.15) is 0 Å². The van der Waals surface area contributed by atoms with Gasteiger partial charge in [0.15, 0.2) is 0 Å². The Balaban J connectivity index is 0.000000331. The predicted molar refractivity (Wildman–Crippen MR) is 79.3 cm³/mol. The number of rotatable bonds is 2. The van der Waals surface area contributed by atoms with Crippen molar-refractivity contribution in [3.63, 3.8) is 0 Å². The van der Waals surface area contributed by atoms with Gasteiger partial charge in [-0.2, -0.15) is 0 Å². The molecule has 0 atom stereocenters. The molecule has 0 heterocycles. The minimum Gasteiger partial charge on any atom is -0.398 e. The van der Waals surface area contributed by atoms with Crippen molar-refractivity contribution in [3.05, 3.63) is 50.0 Å². The highest BCUT2D eigenvalue weighted by Gasteiger charge is 1.96. The lowest BCUT2D eigenvalue weighted by Crippen LogP contribution is -1.92. The second-order valence-electron chi connectivity index (χ2n) is 4.03. The molecule has 0 fully saturated rings. The zero-order valence-corrected chi connectivity index (χ0v) is 12.3. The fraction of sp³-hybridized carbons (Fsp3) is 0.385. The van der Waals surface area contributed by atoms with E-state index in [1.54, 1.807) is 13.2 Å². The predicted octanol–water partition coefficient (Wildman–Crippen LogP) is 3.68. The third kappa shape index (κ3) is 6.30. The smallest absolute Gasteiger partial charge is 0.243 e. The fourth-order valence-corrected chi connectivity index (χ4v) is 1.47. The molecule has 0 saturated carbocycles. The number of anilines is 1. The summed E-state index contributed by atoms with van der Waals surface area (Å²) in [4.78, 5) is 9.95. The molecular weight excluding hydrogens is 248 g/mol. The molecule has 1 rings (SSSR count). The number of nitrogens with two attached hydrogens (primary N) is 1. The summed E-state index contributed by atoms with van der Waals surface area (Å²) in [6.45, 7) is 7.89. The van der Waals surface area contributed by atoms with E-state index in [4.69, 9.17) is 5.73 Å². The Morgan fingerprint density at radius 3 is 2.28 bits per heavy atom. The summed E-state index contributed by atoms with van der Waals surface area (Å²) in [5.41, 5.74) is 10.3. The standard InChI is InChI=1S/C9H13N.C4H7NO2S/c1-6-4-7(2)8(3)9(10)5-6;1-4(8-2)3-5(6)7/h4-5H,10H2,1-3H3;3H,1-2H3/b;4-3-. The SMILES string of the molecule is CS/C(C)=C\[N+](=O)[O-].Cc1cc(C)c(C)c(N)c1. The Bertz CT molecular complexity index is 433. The first-order chi connectivity index (χ1) is 8.27. The van der Waals surface area contributed by atoms with Gasteiger partial charge in [0.05, 0.1) is 9.83 Å². The van der Waals surface area contributed by atoms with Crippen molar-refractivity contribution >= 4 is 17.4 Å². The van der Waals surface area contributed by atoms with Crippen LogP contribution < -0.4 is 5.73 Å². The molecule has 2 N–H and O–H groups in total. The summed E-state index contributed by atoms with van der Waals surface area (Å²) in [5.74, 6) is 0. The summed E-state index contributed by atoms with van der Waals surface area (Å²) in [7, 11) is 0. The second-order valence-corrected chi connectivity index (χ2v) is 5.08. The topological polar surface area (TPSA) is 69.2 Å². The number of nitro groups is 1. The molecular formula is C13H20N2O2S. The highest BCUT2D eigenvalue weighted by Crippen LogP contribution is 2.16. The minimum atomic E-state index is -0.453. The molecule has 18 heavy (non-hydrogen) atoms. The number of thioether (sulfide) groups is 1. The Morgan fingerprint density at radius 2 is 1.94 bits per heavy atom. The molecule has 0 amide bonds. The number of benzene rings is 1. The lowest BCUT2D eigenvalue weighted by molar-refractivity contribution is -0.402. The van der Waals surface area contributed by atoms with E-state index in [1.165, 1.54) is 28.5 Å². The molecule has 5 heteroatoms. The Hall–Kier alpha value is -1.49. The molecule has 4 nitrogen and oxygen atoms in total. The van der Waals surface area contributed by atoms with Gasteiger partial charge in [-0.05, 0) is 56.7 Å². The van der Waals surface area contributed by atoms with E-state index in [2.05, 4.69) is 19.9 Å². The van der Waals surface area contributed by atoms with Gasteiger partial charge >= 0.3 is 0 Å². The van der Waals surface area contributed by atoms with Crippen LogP contribution in [0.25, 0.3) is 0 Å². The van der Waals surface area contributed by atoms with Gasteiger partial charge in [-0.1, -0.05) is 6.07 Å². The number of nitrogens with zero attached hydrogens (tertiary/aromatic N) is 1. The first kappa shape index (κ1) is 16.5. The maximum atomic E-state index is 9.68. The molecule has 0 aliphatic carbocycles. The highest BCUT2D eigenvalue weighted by atomic mass is 32.2. The van der Waals surface area contributed by atoms with Crippen molar-refractivity contribution in [2.24, 2.45) is 0 Å². The molecule has 0 radical (unpaired) electrons. The van der Waals surface area contributed by atoms with Crippen LogP contribution in [0.4, 0.5) is 5.69 Å². The zero-order valence-electron chi connectivity index (χ0n) is 11.5. The van der Waals surface area contributed by atoms with Crippen LogP contribution in [0.3, 0.4) is 0 Å². The van der Waals surface area contributed by atoms with Gasteiger partial charge in [0.25, 0.3) is 0 Å². The van der Waals surface area contributed by atoms with Crippen LogP contribution in [0, 0.1) is 30.9 Å². The first-order valence-corrected chi connectivity index (χ1v) is 6.69. The van der Waals surface area contributed by atoms with Gasteiger partial charge in [0, 0.05) is 5.69 Å². The van der Waals surface area contributed by atoms with E-state index < -0.39 is 4.92 Å². The number of hydrogen-bond acceptors (Lipinski definition) is 4. The molecule has 0 aliphatic rings. The van der Waals surface area contributed by atoms with E-state index in [1.807, 2.05) is 13.0 Å². The molecule has 0 spiro atoms. The van der Waals surface area contributed by atoms with Crippen molar-refractivity contribution in [1.29, 1.82) is 0 Å². The van der Waals surface area contributed by atoms with E-state index in [-0.39, 0.29) is 0 Å². The number of hydrogen-bond donors (Lipinski definition) is 1. The highest BCUT2D eigenvalue weighted by molar-refractivity contribution is 8.02. The summed E-state index contributed by atoms with van der Waals surface area (Å²) >= 11 is 1.37. The average molecular weight is 268 g/mol. The molecule has 0 aromatic heterocycles. The van der Waals surface area contributed by atoms with Crippen LogP contribution in [0.5, 0.6) is 0 Å².